The summed E-state index contributed by atoms with van der Waals surface area (Å²) in [7, 11) is 0. The molecule has 3 nitrogen and oxygen atoms in total. The van der Waals surface area contributed by atoms with E-state index in [4.69, 9.17) is 0 Å². The minimum atomic E-state index is 1.02. The third-order valence-electron chi connectivity index (χ3n) is 15.9. The van der Waals surface area contributed by atoms with Crippen LogP contribution in [-0.2, 0) is 45.3 Å². The number of hydrogen-bond donors (Lipinski definition) is 0. The van der Waals surface area contributed by atoms with Crippen molar-refractivity contribution in [3.63, 3.8) is 0 Å². The Morgan fingerprint density at radius 1 is 0.261 bits per heavy atom. The van der Waals surface area contributed by atoms with Crippen molar-refractivity contribution in [1.82, 2.24) is 13.7 Å². The van der Waals surface area contributed by atoms with Crippen molar-refractivity contribution in [2.24, 2.45) is 0 Å². The van der Waals surface area contributed by atoms with Crippen LogP contribution in [0.25, 0.3) is 97.7 Å². The number of nitrogens with zero attached hydrogens (tertiary/aromatic N) is 3. The van der Waals surface area contributed by atoms with E-state index in [0.717, 1.165) is 83.8 Å². The lowest BCUT2D eigenvalue weighted by Gasteiger charge is -2.21. The molecule has 0 N–H and O–H groups in total. The molecule has 0 aliphatic heterocycles. The third kappa shape index (κ3) is 7.08. The number of aromatic nitrogens is 3. The van der Waals surface area contributed by atoms with Gasteiger partial charge < -0.3 is 13.7 Å². The quantitative estimate of drug-likeness (QED) is 0.0678. The van der Waals surface area contributed by atoms with Crippen LogP contribution in [0.1, 0.15) is 67.7 Å². The van der Waals surface area contributed by atoms with Gasteiger partial charge in [-0.3, -0.25) is 0 Å². The molecule has 0 amide bonds. The van der Waals surface area contributed by atoms with Crippen molar-refractivity contribution in [3.8, 4) is 0 Å². The van der Waals surface area contributed by atoms with E-state index >= 15 is 0 Å². The molecule has 0 unspecified atom stereocenters. The Morgan fingerprint density at radius 3 is 0.783 bits per heavy atom. The summed E-state index contributed by atoms with van der Waals surface area (Å²) >= 11 is 0. The van der Waals surface area contributed by atoms with Gasteiger partial charge in [0.15, 0.2) is 0 Å². The van der Waals surface area contributed by atoms with Gasteiger partial charge in [-0.25, -0.2) is 0 Å². The summed E-state index contributed by atoms with van der Waals surface area (Å²) in [6.07, 6.45) is 11.1. The summed E-state index contributed by atoms with van der Waals surface area (Å²) in [6, 6.07) is 68.8. The first-order valence-electron chi connectivity index (χ1n) is 25.9. The molecule has 3 heterocycles. The normalized spacial score (nSPS) is 12.3. The highest BCUT2D eigenvalue weighted by Gasteiger charge is 2.19. The van der Waals surface area contributed by atoms with Crippen LogP contribution in [0.15, 0.2) is 182 Å². The van der Waals surface area contributed by atoms with Crippen molar-refractivity contribution < 1.29 is 0 Å². The van der Waals surface area contributed by atoms with Crippen LogP contribution >= 0.6 is 0 Å². The highest BCUT2D eigenvalue weighted by molar-refractivity contribution is 6.25. The van der Waals surface area contributed by atoms with E-state index in [2.05, 4.69) is 203 Å². The van der Waals surface area contributed by atoms with Gasteiger partial charge >= 0.3 is 0 Å². The molecule has 0 bridgehead atoms. The lowest BCUT2D eigenvalue weighted by Crippen LogP contribution is -2.02. The first-order chi connectivity index (χ1) is 34.2. The SMILES string of the molecule is CCc1cc(CCCCn2c3ccccc3c3ccccc32)c2ccc3c(CCCCn4c5ccccc5c5ccccc54)cc(CCCCn4c5ccccc5c5ccccc54)c4ccc1c2c43. The van der Waals surface area contributed by atoms with Gasteiger partial charge in [-0.2, -0.15) is 0 Å². The third-order valence-corrected chi connectivity index (χ3v) is 15.9. The van der Waals surface area contributed by atoms with Crippen LogP contribution in [0, 0.1) is 0 Å². The summed E-state index contributed by atoms with van der Waals surface area (Å²) in [4.78, 5) is 0. The molecular weight excluding hydrogens is 835 g/mol. The maximum absolute atomic E-state index is 2.62. The van der Waals surface area contributed by atoms with E-state index in [1.54, 1.807) is 0 Å². The van der Waals surface area contributed by atoms with Crippen LogP contribution < -0.4 is 0 Å². The maximum atomic E-state index is 2.62. The van der Waals surface area contributed by atoms with Gasteiger partial charge in [-0.15, -0.1) is 0 Å². The molecule has 0 spiro atoms. The number of hydrogen-bond acceptors (Lipinski definition) is 0. The largest absolute Gasteiger partial charge is 0.340 e. The zero-order valence-electron chi connectivity index (χ0n) is 39.9. The second kappa shape index (κ2) is 17.6. The minimum Gasteiger partial charge on any atom is -0.340 e. The summed E-state index contributed by atoms with van der Waals surface area (Å²) in [5.74, 6) is 0. The zero-order valence-corrected chi connectivity index (χ0v) is 39.9. The highest BCUT2D eigenvalue weighted by atomic mass is 15.0. The summed E-state index contributed by atoms with van der Waals surface area (Å²) in [6.45, 7) is 5.43. The average Bonchev–Trinajstić information content (AvgIpc) is 4.03. The van der Waals surface area contributed by atoms with E-state index in [9.17, 15) is 0 Å². The predicted octanol–water partition coefficient (Wildman–Crippen LogP) is 17.5. The maximum Gasteiger partial charge on any atom is 0.0491 e. The van der Waals surface area contributed by atoms with Gasteiger partial charge in [0.05, 0.1) is 0 Å². The molecule has 0 fully saturated rings. The molecule has 0 saturated carbocycles. The summed E-state index contributed by atoms with van der Waals surface area (Å²) in [5, 5.41) is 17.0. The lowest BCUT2D eigenvalue weighted by molar-refractivity contribution is 0.633. The molecule has 3 heteroatoms. The van der Waals surface area contributed by atoms with Crippen molar-refractivity contribution >= 4 is 97.7 Å². The second-order valence-corrected chi connectivity index (χ2v) is 19.7. The lowest BCUT2D eigenvalue weighted by atomic mass is 9.83. The number of benzene rings is 10. The Labute approximate surface area is 404 Å². The Bertz CT molecular complexity index is 3720. The first-order valence-corrected chi connectivity index (χ1v) is 25.9. The van der Waals surface area contributed by atoms with E-state index in [0.29, 0.717) is 0 Å². The molecule has 0 saturated heterocycles. The van der Waals surface area contributed by atoms with E-state index in [1.165, 1.54) is 120 Å². The standard InChI is InChI=1S/C66H59N3/c1-2-45-43-46(21-15-18-40-67-59-30-9-3-24-53(59)54-25-4-10-31-60(54)67)50-38-39-52-48(23-17-20-42-69-63-34-13-7-28-57(63)58-29-8-14-35-64(58)69)44-47(51-37-36-49(45)65(50)66(51)52)22-16-19-41-68-61-32-11-5-26-55(61)56-27-6-12-33-62(56)68/h3-14,24-39,43-44H,2,15-23,40-42H2,1H3. The van der Waals surface area contributed by atoms with Crippen LogP contribution in [0.2, 0.25) is 0 Å². The van der Waals surface area contributed by atoms with Crippen molar-refractivity contribution in [2.45, 2.75) is 90.8 Å². The number of rotatable bonds is 16. The van der Waals surface area contributed by atoms with Gasteiger partial charge in [0.2, 0.25) is 0 Å². The molecule has 0 aliphatic carbocycles. The average molecular weight is 894 g/mol. The molecule has 13 aromatic rings. The summed E-state index contributed by atoms with van der Waals surface area (Å²) in [5.41, 5.74) is 14.1. The number of para-hydroxylation sites is 6. The van der Waals surface area contributed by atoms with Gasteiger partial charge in [0.1, 0.15) is 0 Å². The van der Waals surface area contributed by atoms with Gasteiger partial charge in [-0.05, 0) is 155 Å². The molecule has 338 valence electrons. The minimum absolute atomic E-state index is 1.02. The summed E-state index contributed by atoms with van der Waals surface area (Å²) < 4.78 is 7.68. The Kier molecular flexibility index (Phi) is 10.7. The molecule has 0 atom stereocenters. The fourth-order valence-corrected chi connectivity index (χ4v) is 12.7. The second-order valence-electron chi connectivity index (χ2n) is 19.7. The van der Waals surface area contributed by atoms with Crippen LogP contribution in [0.4, 0.5) is 0 Å². The van der Waals surface area contributed by atoms with E-state index in [-0.39, 0.29) is 0 Å². The Morgan fingerprint density at radius 2 is 0.507 bits per heavy atom. The van der Waals surface area contributed by atoms with Crippen LogP contribution in [0.5, 0.6) is 0 Å². The van der Waals surface area contributed by atoms with Gasteiger partial charge in [-0.1, -0.05) is 153 Å². The molecule has 0 radical (unpaired) electrons. The topological polar surface area (TPSA) is 14.8 Å². The van der Waals surface area contributed by atoms with Gasteiger partial charge in [0, 0.05) is 85.1 Å². The monoisotopic (exact) mass is 893 g/mol. The van der Waals surface area contributed by atoms with Crippen LogP contribution in [0.3, 0.4) is 0 Å². The molecular formula is C66H59N3. The molecule has 13 rings (SSSR count). The smallest absolute Gasteiger partial charge is 0.0491 e. The number of unbranched alkanes of at least 4 members (excludes halogenated alkanes) is 3. The fraction of sp³-hybridized carbons (Fsp3) is 0.212. The first kappa shape index (κ1) is 41.8. The molecule has 69 heavy (non-hydrogen) atoms. The molecule has 0 aliphatic rings. The highest BCUT2D eigenvalue weighted by Crippen LogP contribution is 2.42. The zero-order chi connectivity index (χ0) is 45.8. The van der Waals surface area contributed by atoms with Crippen molar-refractivity contribution in [1.29, 1.82) is 0 Å². The molecule has 3 aromatic heterocycles. The van der Waals surface area contributed by atoms with Gasteiger partial charge in [0.25, 0.3) is 0 Å². The number of aryl methyl sites for hydroxylation is 7. The van der Waals surface area contributed by atoms with Crippen LogP contribution in [-0.4, -0.2) is 13.7 Å². The van der Waals surface area contributed by atoms with E-state index < -0.39 is 0 Å². The van der Waals surface area contributed by atoms with Crippen molar-refractivity contribution in [3.05, 3.63) is 204 Å². The Balaban J connectivity index is 0.828. The molecule has 10 aromatic carbocycles. The van der Waals surface area contributed by atoms with E-state index in [1.807, 2.05) is 0 Å². The van der Waals surface area contributed by atoms with Crippen molar-refractivity contribution in [2.75, 3.05) is 0 Å². The fourth-order valence-electron chi connectivity index (χ4n) is 12.7. The Hall–Kier alpha value is -7.36. The number of fused-ring (bicyclic) bond motifs is 9. The predicted molar refractivity (Wildman–Crippen MR) is 297 cm³/mol.